The van der Waals surface area contributed by atoms with Crippen molar-refractivity contribution in [3.63, 3.8) is 0 Å². The molecule has 18 atom stereocenters. The quantitative estimate of drug-likeness (QED) is 0.0281. The van der Waals surface area contributed by atoms with Gasteiger partial charge in [-0.3, -0.25) is 81.5 Å². The molecule has 0 saturated heterocycles. The molecule has 1 aromatic rings. The number of hydrogen-bond donors (Lipinski definition) is 22. The minimum absolute atomic E-state index is 0.0407. The van der Waals surface area contributed by atoms with Crippen molar-refractivity contribution in [3.8, 4) is 0 Å². The molecule has 0 aliphatic rings. The van der Waals surface area contributed by atoms with Crippen LogP contribution in [0.4, 0.5) is 0 Å². The first-order valence-corrected chi connectivity index (χ1v) is 40.0. The van der Waals surface area contributed by atoms with Crippen LogP contribution in [0.1, 0.15) is 182 Å². The Kier molecular flexibility index (Phi) is 47.1. The maximum absolute atomic E-state index is 14.1. The second kappa shape index (κ2) is 52.5. The number of rotatable bonds is 54. The van der Waals surface area contributed by atoms with Crippen molar-refractivity contribution in [1.82, 2.24) is 95.0 Å². The number of amides is 16. The molecule has 0 radical (unpaired) electrons. The van der Waals surface area contributed by atoms with Gasteiger partial charge in [0.05, 0.1) is 45.0 Å². The van der Waals surface area contributed by atoms with E-state index in [1.54, 1.807) is 96.9 Å². The largest absolute Gasteiger partial charge is 0.481 e. The summed E-state index contributed by atoms with van der Waals surface area (Å²) in [4.78, 5) is 249. The first-order chi connectivity index (χ1) is 54.2. The number of aromatic amines is 1. The third-order valence-corrected chi connectivity index (χ3v) is 19.5. The summed E-state index contributed by atoms with van der Waals surface area (Å²) in [5, 5.41) is 70.0. The van der Waals surface area contributed by atoms with Gasteiger partial charge >= 0.3 is 11.9 Å². The van der Waals surface area contributed by atoms with E-state index in [2.05, 4.69) is 108 Å². The Labute approximate surface area is 683 Å². The van der Waals surface area contributed by atoms with Crippen molar-refractivity contribution in [2.24, 2.45) is 53.1 Å². The van der Waals surface area contributed by atoms with E-state index in [1.807, 2.05) is 13.8 Å². The zero-order valence-corrected chi connectivity index (χ0v) is 70.8. The number of nitrogens with two attached hydrogens (primary N) is 1. The average Bonchev–Trinajstić information content (AvgIpc) is 1.01. The Morgan fingerprint density at radius 1 is 0.388 bits per heavy atom. The number of aliphatic hydroxyl groups excluding tert-OH is 1. The van der Waals surface area contributed by atoms with Crippen LogP contribution in [-0.2, 0) is 92.7 Å². The van der Waals surface area contributed by atoms with Crippen molar-refractivity contribution >= 4 is 119 Å². The fourth-order valence-electron chi connectivity index (χ4n) is 11.4. The van der Waals surface area contributed by atoms with Crippen LogP contribution in [0.25, 0.3) is 0 Å². The number of aliphatic hydroxyl groups is 1. The molecular weight excluding hydrogens is 1540 g/mol. The van der Waals surface area contributed by atoms with Crippen LogP contribution in [0.15, 0.2) is 12.5 Å². The monoisotopic (exact) mass is 1660 g/mol. The lowest BCUT2D eigenvalue weighted by Gasteiger charge is -2.29. The summed E-state index contributed by atoms with van der Waals surface area (Å²) in [6.07, 6.45) is 2.90. The summed E-state index contributed by atoms with van der Waals surface area (Å²) < 4.78 is 0. The number of carbonyl (C=O) groups is 18. The molecule has 0 aromatic carbocycles. The van der Waals surface area contributed by atoms with E-state index >= 15 is 0 Å². The Morgan fingerprint density at radius 3 is 1.08 bits per heavy atom. The van der Waals surface area contributed by atoms with Crippen molar-refractivity contribution in [2.45, 2.75) is 267 Å². The van der Waals surface area contributed by atoms with Crippen LogP contribution in [0.3, 0.4) is 0 Å². The van der Waals surface area contributed by atoms with Crippen molar-refractivity contribution in [2.75, 3.05) is 32.0 Å². The van der Waals surface area contributed by atoms with Gasteiger partial charge in [-0.25, -0.2) is 9.78 Å². The standard InChI is InChI=1S/C75H129N19O21S/c1-19-39(13)58(90-54(97)30-79-64(103)46(23-35(5)6)85-66(105)48(25-37(9)10)83-53(96)29-78-62(101)43(17)76)71(110)86-47(24-36(7)8)65(104)80-31-55(98)91-59(40(14)20-2)72(111)88-51(32-95)69(108)94-61(42(16)22-4)74(113)89-52(33-116)70(109)82-44(18)63(102)84-50(27-56(99)100)68(107)93-60(41(15)21-3)73(112)87-49(26-45-28-77-34-81-45)67(106)92-57(38(11)12)75(114)115/h28,34-44,46-52,57-61,95,116H,19-27,29-33,76H2,1-18H3,(H,77,81)(H,78,101)(H,79,103)(H,80,104)(H,82,109)(H,83,96)(H,84,102)(H,85,105)(H,86,110)(H,87,112)(H,88,111)(H,89,113)(H,90,97)(H,91,98)(H,92,106)(H,93,107)(H,94,108)(H,99,100)(H,114,115)/t39-,40-,41-,42-,43-,44-,46-,47-,48-,49-,50-,51-,52-,57-,58-,59-,60-,61-/m0/s1. The number of carboxylic acid groups (broad SMARTS) is 2. The Hall–Kier alpha value is -10.1. The lowest BCUT2D eigenvalue weighted by atomic mass is 9.96. The number of thiol groups is 1. The number of aromatic nitrogens is 2. The van der Waals surface area contributed by atoms with Crippen LogP contribution < -0.4 is 90.8 Å². The highest BCUT2D eigenvalue weighted by Crippen LogP contribution is 2.17. The molecule has 656 valence electrons. The number of carbonyl (C=O) groups excluding carboxylic acids is 16. The van der Waals surface area contributed by atoms with Crippen molar-refractivity contribution < 1.29 is 102 Å². The summed E-state index contributed by atoms with van der Waals surface area (Å²) in [6.45, 7) is 26.8. The molecule has 0 spiro atoms. The topological polar surface area (TPSA) is 615 Å². The normalized spacial score (nSPS) is 16.0. The highest BCUT2D eigenvalue weighted by atomic mass is 32.1. The lowest BCUT2D eigenvalue weighted by molar-refractivity contribution is -0.143. The molecule has 116 heavy (non-hydrogen) atoms. The maximum Gasteiger partial charge on any atom is 0.326 e. The zero-order chi connectivity index (χ0) is 88.7. The molecule has 0 unspecified atom stereocenters. The van der Waals surface area contributed by atoms with Gasteiger partial charge in [0.15, 0.2) is 0 Å². The molecule has 1 aromatic heterocycles. The second-order valence-corrected chi connectivity index (χ2v) is 31.3. The summed E-state index contributed by atoms with van der Waals surface area (Å²) in [5.74, 6) is -21.0. The van der Waals surface area contributed by atoms with E-state index in [9.17, 15) is 102 Å². The van der Waals surface area contributed by atoms with E-state index in [4.69, 9.17) is 5.73 Å². The molecule has 0 saturated carbocycles. The number of imidazole rings is 1. The molecule has 40 nitrogen and oxygen atoms in total. The Bertz CT molecular complexity index is 3470. The van der Waals surface area contributed by atoms with Gasteiger partial charge in [-0.2, -0.15) is 12.6 Å². The third-order valence-electron chi connectivity index (χ3n) is 19.2. The number of hydrogen-bond acceptors (Lipinski definition) is 22. The minimum Gasteiger partial charge on any atom is -0.481 e. The van der Waals surface area contributed by atoms with Gasteiger partial charge in [0.1, 0.15) is 78.5 Å². The minimum atomic E-state index is -1.88. The molecule has 22 N–H and O–H groups in total. The van der Waals surface area contributed by atoms with Gasteiger partial charge in [0.25, 0.3) is 0 Å². The number of nitrogens with one attached hydrogen (secondary N) is 17. The number of nitrogens with zero attached hydrogens (tertiary/aromatic N) is 1. The van der Waals surface area contributed by atoms with E-state index in [0.717, 1.165) is 0 Å². The van der Waals surface area contributed by atoms with Crippen LogP contribution in [0.2, 0.25) is 0 Å². The maximum atomic E-state index is 14.1. The highest BCUT2D eigenvalue weighted by molar-refractivity contribution is 7.80. The first-order valence-electron chi connectivity index (χ1n) is 39.3. The first kappa shape index (κ1) is 104. The van der Waals surface area contributed by atoms with Crippen LogP contribution in [-0.4, -0.2) is 248 Å². The van der Waals surface area contributed by atoms with Gasteiger partial charge < -0.3 is 111 Å². The summed E-state index contributed by atoms with van der Waals surface area (Å²) >= 11 is 4.22. The Balaban J connectivity index is 3.25. The van der Waals surface area contributed by atoms with Crippen LogP contribution in [0.5, 0.6) is 0 Å². The molecule has 16 amide bonds. The smallest absolute Gasteiger partial charge is 0.326 e. The van der Waals surface area contributed by atoms with Crippen molar-refractivity contribution in [1.29, 1.82) is 0 Å². The van der Waals surface area contributed by atoms with E-state index in [-0.39, 0.29) is 62.7 Å². The molecule has 0 fully saturated rings. The average molecular weight is 1670 g/mol. The fraction of sp³-hybridized carbons (Fsp3) is 0.720. The van der Waals surface area contributed by atoms with Gasteiger partial charge in [-0.05, 0) is 80.5 Å². The van der Waals surface area contributed by atoms with Crippen molar-refractivity contribution in [3.05, 3.63) is 18.2 Å². The second-order valence-electron chi connectivity index (χ2n) is 31.0. The SMILES string of the molecule is CC[C@H](C)[C@H](NC(=O)CNC(=O)[C@H](CC(C)C)NC(=O)[C@H](CC(C)C)NC(=O)CNC(=O)[C@H](C)N)C(=O)N[C@@H](CC(C)C)C(=O)NCC(=O)N[C@H](C(=O)N[C@@H](CO)C(=O)N[C@H](C(=O)N[C@@H](CS)C(=O)N[C@@H](C)C(=O)N[C@@H](CC(=O)O)C(=O)N[C@H](C(=O)N[C@@H](Cc1cnc[nH]1)C(=O)N[C@H](C(=O)O)C(C)C)[C@@H](C)CC)[C@@H](C)CC)[C@@H](C)CC. The zero-order valence-electron chi connectivity index (χ0n) is 69.9. The molecular formula is C75H129N19O21S. The predicted molar refractivity (Wildman–Crippen MR) is 428 cm³/mol. The van der Waals surface area contributed by atoms with Gasteiger partial charge in [-0.1, -0.05) is 136 Å². The predicted octanol–water partition coefficient (Wildman–Crippen LogP) is -3.57. The third kappa shape index (κ3) is 37.3. The Morgan fingerprint density at radius 2 is 0.716 bits per heavy atom. The lowest BCUT2D eigenvalue weighted by Crippen LogP contribution is -2.62. The van der Waals surface area contributed by atoms with Gasteiger partial charge in [-0.15, -0.1) is 0 Å². The van der Waals surface area contributed by atoms with E-state index in [0.29, 0.717) is 12.1 Å². The molecule has 1 rings (SSSR count). The number of H-pyrrole nitrogens is 1. The molecule has 0 aliphatic carbocycles. The van der Waals surface area contributed by atoms with Gasteiger partial charge in [0.2, 0.25) is 94.5 Å². The van der Waals surface area contributed by atoms with E-state index < -0.39 is 259 Å². The fourth-order valence-corrected chi connectivity index (χ4v) is 11.6. The van der Waals surface area contributed by atoms with Crippen LogP contribution in [0, 0.1) is 47.3 Å². The van der Waals surface area contributed by atoms with Gasteiger partial charge in [0, 0.05) is 24.1 Å². The number of aliphatic carboxylic acids is 2. The molecule has 0 aliphatic heterocycles. The molecule has 1 heterocycles. The number of carboxylic acids is 2. The summed E-state index contributed by atoms with van der Waals surface area (Å²) in [5.41, 5.74) is 5.94. The summed E-state index contributed by atoms with van der Waals surface area (Å²) in [6, 6.07) is -19.5. The van der Waals surface area contributed by atoms with Crippen LogP contribution >= 0.6 is 12.6 Å². The molecule has 41 heteroatoms. The summed E-state index contributed by atoms with van der Waals surface area (Å²) in [7, 11) is 0. The highest BCUT2D eigenvalue weighted by Gasteiger charge is 2.40. The van der Waals surface area contributed by atoms with E-state index in [1.165, 1.54) is 26.4 Å². The molecule has 0 bridgehead atoms.